The Kier molecular flexibility index (Phi) is 9.87. The first-order valence-electron chi connectivity index (χ1n) is 8.16. The van der Waals surface area contributed by atoms with Gasteiger partial charge in [-0.05, 0) is 37.8 Å². The molecule has 0 saturated heterocycles. The lowest BCUT2D eigenvalue weighted by Crippen LogP contribution is -2.24. The van der Waals surface area contributed by atoms with Crippen LogP contribution in [-0.2, 0) is 14.4 Å². The smallest absolute Gasteiger partial charge is 0.243 e. The number of carbonyl (C=O) groups is 3. The van der Waals surface area contributed by atoms with Crippen LogP contribution in [0.25, 0.3) is 0 Å². The third kappa shape index (κ3) is 9.58. The summed E-state index contributed by atoms with van der Waals surface area (Å²) >= 11 is 0. The Balaban J connectivity index is 1.99. The summed E-state index contributed by atoms with van der Waals surface area (Å²) in [6.45, 7) is 0.506. The molecule has 0 radical (unpaired) electrons. The van der Waals surface area contributed by atoms with Crippen LogP contribution in [0.4, 0.5) is 5.69 Å². The quantitative estimate of drug-likeness (QED) is 0.282. The maximum absolute atomic E-state index is 11.7. The molecule has 0 aliphatic heterocycles. The SMILES string of the molecule is O=C(CCCCNC(=O)CCCCC(=O)Nc1ccccc1)NO. The van der Waals surface area contributed by atoms with Crippen LogP contribution in [-0.4, -0.2) is 29.5 Å². The van der Waals surface area contributed by atoms with E-state index >= 15 is 0 Å². The van der Waals surface area contributed by atoms with Gasteiger partial charge in [-0.1, -0.05) is 18.2 Å². The maximum Gasteiger partial charge on any atom is 0.243 e. The number of para-hydroxylation sites is 1. The molecule has 24 heavy (non-hydrogen) atoms. The van der Waals surface area contributed by atoms with E-state index < -0.39 is 5.91 Å². The summed E-state index contributed by atoms with van der Waals surface area (Å²) in [7, 11) is 0. The predicted octanol–water partition coefficient (Wildman–Crippen LogP) is 1.98. The monoisotopic (exact) mass is 335 g/mol. The number of rotatable bonds is 11. The summed E-state index contributed by atoms with van der Waals surface area (Å²) in [5.74, 6) is -0.524. The minimum atomic E-state index is -0.421. The molecule has 0 saturated carbocycles. The van der Waals surface area contributed by atoms with Gasteiger partial charge in [-0.2, -0.15) is 0 Å². The highest BCUT2D eigenvalue weighted by atomic mass is 16.5. The molecular weight excluding hydrogens is 310 g/mol. The third-order valence-electron chi connectivity index (χ3n) is 3.39. The first-order chi connectivity index (χ1) is 11.6. The molecule has 1 rings (SSSR count). The summed E-state index contributed by atoms with van der Waals surface area (Å²) in [6, 6.07) is 9.26. The third-order valence-corrected chi connectivity index (χ3v) is 3.39. The molecule has 0 heterocycles. The van der Waals surface area contributed by atoms with Crippen LogP contribution in [0.2, 0.25) is 0 Å². The van der Waals surface area contributed by atoms with Crippen molar-refractivity contribution in [1.82, 2.24) is 10.8 Å². The minimum Gasteiger partial charge on any atom is -0.356 e. The fraction of sp³-hybridized carbons (Fsp3) is 0.471. The second-order valence-electron chi connectivity index (χ2n) is 5.46. The summed E-state index contributed by atoms with van der Waals surface area (Å²) in [4.78, 5) is 34.1. The van der Waals surface area contributed by atoms with E-state index in [1.807, 2.05) is 30.3 Å². The summed E-state index contributed by atoms with van der Waals surface area (Å²) in [5.41, 5.74) is 2.34. The lowest BCUT2D eigenvalue weighted by atomic mass is 10.1. The molecule has 132 valence electrons. The summed E-state index contributed by atoms with van der Waals surface area (Å²) < 4.78 is 0. The molecular formula is C17H25N3O4. The van der Waals surface area contributed by atoms with Crippen LogP contribution >= 0.6 is 0 Å². The number of nitrogens with one attached hydrogen (secondary N) is 3. The van der Waals surface area contributed by atoms with E-state index in [0.717, 1.165) is 5.69 Å². The van der Waals surface area contributed by atoms with E-state index in [0.29, 0.717) is 45.1 Å². The van der Waals surface area contributed by atoms with Gasteiger partial charge in [-0.25, -0.2) is 5.48 Å². The minimum absolute atomic E-state index is 0.0509. The summed E-state index contributed by atoms with van der Waals surface area (Å²) in [5, 5.41) is 13.9. The van der Waals surface area contributed by atoms with Crippen molar-refractivity contribution in [1.29, 1.82) is 0 Å². The molecule has 4 N–H and O–H groups in total. The van der Waals surface area contributed by atoms with E-state index in [4.69, 9.17) is 5.21 Å². The van der Waals surface area contributed by atoms with Gasteiger partial charge < -0.3 is 10.6 Å². The molecule has 0 aliphatic carbocycles. The maximum atomic E-state index is 11.7. The normalized spacial score (nSPS) is 10.0. The first-order valence-corrected chi connectivity index (χ1v) is 8.16. The topological polar surface area (TPSA) is 108 Å². The van der Waals surface area contributed by atoms with Gasteiger partial charge in [0, 0.05) is 31.5 Å². The van der Waals surface area contributed by atoms with Gasteiger partial charge in [0.15, 0.2) is 0 Å². The average molecular weight is 335 g/mol. The molecule has 0 bridgehead atoms. The Bertz CT molecular complexity index is 520. The van der Waals surface area contributed by atoms with Crippen molar-refractivity contribution in [2.45, 2.75) is 44.9 Å². The number of unbranched alkanes of at least 4 members (excludes halogenated alkanes) is 2. The Morgan fingerprint density at radius 1 is 0.792 bits per heavy atom. The van der Waals surface area contributed by atoms with Crippen molar-refractivity contribution in [2.75, 3.05) is 11.9 Å². The molecule has 0 atom stereocenters. The van der Waals surface area contributed by atoms with Crippen LogP contribution in [0, 0.1) is 0 Å². The largest absolute Gasteiger partial charge is 0.356 e. The predicted molar refractivity (Wildman–Crippen MR) is 90.3 cm³/mol. The van der Waals surface area contributed by atoms with Gasteiger partial charge in [0.05, 0.1) is 0 Å². The average Bonchev–Trinajstić information content (AvgIpc) is 2.59. The number of amides is 3. The fourth-order valence-electron chi connectivity index (χ4n) is 2.10. The van der Waals surface area contributed by atoms with Crippen LogP contribution in [0.3, 0.4) is 0 Å². The molecule has 7 nitrogen and oxygen atoms in total. The standard InChI is InChI=1S/C17H25N3O4/c21-15(18-13-7-6-12-17(23)20-24)10-4-5-11-16(22)19-14-8-2-1-3-9-14/h1-3,8-9,24H,4-7,10-13H2,(H,18,21)(H,19,22)(H,20,23). The van der Waals surface area contributed by atoms with E-state index in [1.165, 1.54) is 0 Å². The molecule has 1 aromatic rings. The first kappa shape index (κ1) is 19.6. The Morgan fingerprint density at radius 2 is 1.38 bits per heavy atom. The molecule has 0 aliphatic rings. The van der Waals surface area contributed by atoms with Crippen LogP contribution in [0.5, 0.6) is 0 Å². The molecule has 0 spiro atoms. The van der Waals surface area contributed by atoms with Gasteiger partial charge in [0.2, 0.25) is 17.7 Å². The second kappa shape index (κ2) is 12.1. The highest BCUT2D eigenvalue weighted by Crippen LogP contribution is 2.07. The van der Waals surface area contributed by atoms with E-state index in [1.54, 1.807) is 5.48 Å². The van der Waals surface area contributed by atoms with Gasteiger partial charge in [0.25, 0.3) is 0 Å². The van der Waals surface area contributed by atoms with Crippen molar-refractivity contribution in [2.24, 2.45) is 0 Å². The number of benzene rings is 1. The zero-order valence-corrected chi connectivity index (χ0v) is 13.7. The number of hydroxylamine groups is 1. The Labute approximate surface area is 141 Å². The lowest BCUT2D eigenvalue weighted by Gasteiger charge is -2.06. The zero-order chi connectivity index (χ0) is 17.6. The molecule has 3 amide bonds. The highest BCUT2D eigenvalue weighted by molar-refractivity contribution is 5.90. The van der Waals surface area contributed by atoms with Gasteiger partial charge in [-0.3, -0.25) is 19.6 Å². The highest BCUT2D eigenvalue weighted by Gasteiger charge is 2.05. The van der Waals surface area contributed by atoms with Crippen molar-refractivity contribution in [3.8, 4) is 0 Å². The van der Waals surface area contributed by atoms with Gasteiger partial charge in [-0.15, -0.1) is 0 Å². The number of anilines is 1. The van der Waals surface area contributed by atoms with Gasteiger partial charge >= 0.3 is 0 Å². The van der Waals surface area contributed by atoms with E-state index in [9.17, 15) is 14.4 Å². The van der Waals surface area contributed by atoms with Crippen LogP contribution < -0.4 is 16.1 Å². The van der Waals surface area contributed by atoms with Crippen LogP contribution in [0.1, 0.15) is 44.9 Å². The fourth-order valence-corrected chi connectivity index (χ4v) is 2.10. The van der Waals surface area contributed by atoms with Crippen molar-refractivity contribution in [3.05, 3.63) is 30.3 Å². The molecule has 0 unspecified atom stereocenters. The Hall–Kier alpha value is -2.41. The molecule has 0 fully saturated rings. The number of carbonyl (C=O) groups excluding carboxylic acids is 3. The van der Waals surface area contributed by atoms with Crippen molar-refractivity contribution < 1.29 is 19.6 Å². The van der Waals surface area contributed by atoms with Gasteiger partial charge in [0.1, 0.15) is 0 Å². The second-order valence-corrected chi connectivity index (χ2v) is 5.46. The van der Waals surface area contributed by atoms with E-state index in [2.05, 4.69) is 10.6 Å². The van der Waals surface area contributed by atoms with Crippen molar-refractivity contribution in [3.63, 3.8) is 0 Å². The summed E-state index contributed by atoms with van der Waals surface area (Å²) in [6.07, 6.45) is 3.60. The number of hydrogen-bond acceptors (Lipinski definition) is 4. The Morgan fingerprint density at radius 3 is 2.04 bits per heavy atom. The zero-order valence-electron chi connectivity index (χ0n) is 13.7. The van der Waals surface area contributed by atoms with Crippen molar-refractivity contribution >= 4 is 23.4 Å². The lowest BCUT2D eigenvalue weighted by molar-refractivity contribution is -0.129. The number of hydrogen-bond donors (Lipinski definition) is 4. The molecule has 7 heteroatoms. The van der Waals surface area contributed by atoms with Crippen LogP contribution in [0.15, 0.2) is 30.3 Å². The van der Waals surface area contributed by atoms with E-state index in [-0.39, 0.29) is 18.2 Å². The molecule has 1 aromatic carbocycles. The molecule has 0 aromatic heterocycles.